The molecule has 0 saturated carbocycles. The van der Waals surface area contributed by atoms with Gasteiger partial charge in [0.2, 0.25) is 10.0 Å². The lowest BCUT2D eigenvalue weighted by molar-refractivity contribution is -0.384. The van der Waals surface area contributed by atoms with Crippen LogP contribution in [0.5, 0.6) is 0 Å². The topological polar surface area (TPSA) is 89.3 Å². The molecule has 0 amide bonds. The molecule has 0 aromatic heterocycles. The fraction of sp³-hybridized carbons (Fsp3) is 0.143. The van der Waals surface area contributed by atoms with Crippen LogP contribution in [0.15, 0.2) is 53.4 Å². The van der Waals surface area contributed by atoms with Crippen molar-refractivity contribution >= 4 is 27.3 Å². The summed E-state index contributed by atoms with van der Waals surface area (Å²) in [5, 5.41) is 10.7. The summed E-state index contributed by atoms with van der Waals surface area (Å²) in [6.45, 7) is 1.69. The van der Waals surface area contributed by atoms with Crippen LogP contribution in [0, 0.1) is 10.1 Å². The molecule has 2 rings (SSSR count). The second kappa shape index (κ2) is 6.43. The highest BCUT2D eigenvalue weighted by atomic mass is 35.5. The van der Waals surface area contributed by atoms with Crippen molar-refractivity contribution in [2.24, 2.45) is 0 Å². The average molecular weight is 341 g/mol. The van der Waals surface area contributed by atoms with Crippen molar-refractivity contribution in [1.29, 1.82) is 0 Å². The van der Waals surface area contributed by atoms with Gasteiger partial charge in [0.15, 0.2) is 0 Å². The highest BCUT2D eigenvalue weighted by molar-refractivity contribution is 7.89. The van der Waals surface area contributed by atoms with Gasteiger partial charge in [0, 0.05) is 12.1 Å². The van der Waals surface area contributed by atoms with Gasteiger partial charge in [-0.2, -0.15) is 0 Å². The molecule has 0 aliphatic rings. The van der Waals surface area contributed by atoms with Crippen LogP contribution in [0.3, 0.4) is 0 Å². The van der Waals surface area contributed by atoms with Crippen molar-refractivity contribution in [3.8, 4) is 0 Å². The standard InChI is InChI=1S/C14H13ClN2O4S/c1-10(11-5-3-2-4-6-11)16-22(20,21)12-7-8-13(15)14(9-12)17(18)19/h2-10,16H,1H3. The maximum absolute atomic E-state index is 12.3. The largest absolute Gasteiger partial charge is 0.289 e. The molecule has 0 heterocycles. The lowest BCUT2D eigenvalue weighted by Crippen LogP contribution is -2.26. The normalized spacial score (nSPS) is 12.8. The van der Waals surface area contributed by atoms with Crippen molar-refractivity contribution in [2.75, 3.05) is 0 Å². The van der Waals surface area contributed by atoms with E-state index < -0.39 is 26.7 Å². The molecule has 0 aliphatic heterocycles. The number of halogens is 1. The molecule has 0 fully saturated rings. The van der Waals surface area contributed by atoms with Crippen molar-refractivity contribution in [3.05, 3.63) is 69.2 Å². The Bertz CT molecular complexity index is 794. The third kappa shape index (κ3) is 3.62. The van der Waals surface area contributed by atoms with Crippen LogP contribution >= 0.6 is 11.6 Å². The Hall–Kier alpha value is -1.96. The molecule has 8 heteroatoms. The Morgan fingerprint density at radius 3 is 2.41 bits per heavy atom. The van der Waals surface area contributed by atoms with Gasteiger partial charge in [0.25, 0.3) is 5.69 Å². The lowest BCUT2D eigenvalue weighted by Gasteiger charge is -2.14. The smallest absolute Gasteiger partial charge is 0.258 e. The predicted octanol–water partition coefficient (Wildman–Crippen LogP) is 3.29. The summed E-state index contributed by atoms with van der Waals surface area (Å²) < 4.78 is 27.1. The highest BCUT2D eigenvalue weighted by Crippen LogP contribution is 2.27. The van der Waals surface area contributed by atoms with Crippen LogP contribution in [0.25, 0.3) is 0 Å². The quantitative estimate of drug-likeness (QED) is 0.668. The summed E-state index contributed by atoms with van der Waals surface area (Å²) in [4.78, 5) is 9.93. The van der Waals surface area contributed by atoms with E-state index in [1.165, 1.54) is 12.1 Å². The Morgan fingerprint density at radius 2 is 1.82 bits per heavy atom. The number of sulfonamides is 1. The van der Waals surface area contributed by atoms with Gasteiger partial charge in [-0.15, -0.1) is 0 Å². The molecule has 2 aromatic rings. The fourth-order valence-corrected chi connectivity index (χ4v) is 3.35. The number of nitro groups is 1. The Balaban J connectivity index is 2.31. The van der Waals surface area contributed by atoms with Gasteiger partial charge < -0.3 is 0 Å². The summed E-state index contributed by atoms with van der Waals surface area (Å²) in [6, 6.07) is 11.9. The molecule has 1 unspecified atom stereocenters. The summed E-state index contributed by atoms with van der Waals surface area (Å²) in [5.74, 6) is 0. The zero-order chi connectivity index (χ0) is 16.3. The summed E-state index contributed by atoms with van der Waals surface area (Å²) >= 11 is 5.69. The molecule has 22 heavy (non-hydrogen) atoms. The number of rotatable bonds is 5. The highest BCUT2D eigenvalue weighted by Gasteiger charge is 2.22. The fourth-order valence-electron chi connectivity index (χ4n) is 1.91. The maximum Gasteiger partial charge on any atom is 0.289 e. The molecule has 2 aromatic carbocycles. The van der Waals surface area contributed by atoms with Crippen molar-refractivity contribution < 1.29 is 13.3 Å². The van der Waals surface area contributed by atoms with Crippen molar-refractivity contribution in [1.82, 2.24) is 4.72 Å². The molecule has 0 saturated heterocycles. The van der Waals surface area contributed by atoms with Crippen LogP contribution in [0.1, 0.15) is 18.5 Å². The molecule has 0 radical (unpaired) electrons. The SMILES string of the molecule is CC(NS(=O)(=O)c1ccc(Cl)c([N+](=O)[O-])c1)c1ccccc1. The first kappa shape index (κ1) is 16.4. The molecule has 0 aliphatic carbocycles. The Morgan fingerprint density at radius 1 is 1.18 bits per heavy atom. The monoisotopic (exact) mass is 340 g/mol. The second-order valence-corrected chi connectivity index (χ2v) is 6.75. The molecule has 0 bridgehead atoms. The third-order valence-electron chi connectivity index (χ3n) is 3.06. The zero-order valence-corrected chi connectivity index (χ0v) is 13.1. The molecule has 1 N–H and O–H groups in total. The van der Waals surface area contributed by atoms with Crippen LogP contribution in [-0.4, -0.2) is 13.3 Å². The molecular weight excluding hydrogens is 328 g/mol. The number of nitrogens with one attached hydrogen (secondary N) is 1. The van der Waals surface area contributed by atoms with Gasteiger partial charge in [-0.1, -0.05) is 41.9 Å². The summed E-state index contributed by atoms with van der Waals surface area (Å²) in [5.41, 5.74) is 0.339. The van der Waals surface area contributed by atoms with Crippen LogP contribution in [0.4, 0.5) is 5.69 Å². The van der Waals surface area contributed by atoms with Gasteiger partial charge in [-0.3, -0.25) is 10.1 Å². The molecule has 6 nitrogen and oxygen atoms in total. The number of nitrogens with zero attached hydrogens (tertiary/aromatic N) is 1. The molecule has 1 atom stereocenters. The van der Waals surface area contributed by atoms with Crippen LogP contribution in [-0.2, 0) is 10.0 Å². The van der Waals surface area contributed by atoms with E-state index >= 15 is 0 Å². The minimum absolute atomic E-state index is 0.111. The van der Waals surface area contributed by atoms with E-state index in [1.807, 2.05) is 6.07 Å². The second-order valence-electron chi connectivity index (χ2n) is 4.62. The first-order chi connectivity index (χ1) is 10.3. The minimum atomic E-state index is -3.89. The van der Waals surface area contributed by atoms with E-state index in [0.717, 1.165) is 11.6 Å². The number of benzene rings is 2. The van der Waals surface area contributed by atoms with Crippen molar-refractivity contribution in [3.63, 3.8) is 0 Å². The lowest BCUT2D eigenvalue weighted by atomic mass is 10.1. The van der Waals surface area contributed by atoms with Crippen LogP contribution in [0.2, 0.25) is 5.02 Å². The van der Waals surface area contributed by atoms with E-state index in [9.17, 15) is 18.5 Å². The van der Waals surface area contributed by atoms with E-state index in [4.69, 9.17) is 11.6 Å². The van der Waals surface area contributed by atoms with E-state index in [1.54, 1.807) is 31.2 Å². The first-order valence-electron chi connectivity index (χ1n) is 6.32. The van der Waals surface area contributed by atoms with Crippen LogP contribution < -0.4 is 4.72 Å². The van der Waals surface area contributed by atoms with Gasteiger partial charge in [0.1, 0.15) is 5.02 Å². The Kier molecular flexibility index (Phi) is 4.80. The van der Waals surface area contributed by atoms with Gasteiger partial charge >= 0.3 is 0 Å². The summed E-state index contributed by atoms with van der Waals surface area (Å²) in [7, 11) is -3.89. The predicted molar refractivity (Wildman–Crippen MR) is 83.3 cm³/mol. The zero-order valence-electron chi connectivity index (χ0n) is 11.6. The molecule has 116 valence electrons. The average Bonchev–Trinajstić information content (AvgIpc) is 2.47. The number of hydrogen-bond acceptors (Lipinski definition) is 4. The maximum atomic E-state index is 12.3. The van der Waals surface area contributed by atoms with Gasteiger partial charge in [-0.05, 0) is 24.6 Å². The third-order valence-corrected chi connectivity index (χ3v) is 4.91. The molecule has 0 spiro atoms. The first-order valence-corrected chi connectivity index (χ1v) is 8.18. The summed E-state index contributed by atoms with van der Waals surface area (Å²) in [6.07, 6.45) is 0. The minimum Gasteiger partial charge on any atom is -0.258 e. The number of hydrogen-bond donors (Lipinski definition) is 1. The Labute approximate surface area is 132 Å². The molecular formula is C14H13ClN2O4S. The van der Waals surface area contributed by atoms with Crippen molar-refractivity contribution in [2.45, 2.75) is 17.9 Å². The van der Waals surface area contributed by atoms with Gasteiger partial charge in [-0.25, -0.2) is 13.1 Å². The van der Waals surface area contributed by atoms with E-state index in [0.29, 0.717) is 0 Å². The number of nitro benzene ring substituents is 1. The van der Waals surface area contributed by atoms with E-state index in [-0.39, 0.29) is 9.92 Å². The van der Waals surface area contributed by atoms with Gasteiger partial charge in [0.05, 0.1) is 9.82 Å². The van der Waals surface area contributed by atoms with E-state index in [2.05, 4.69) is 4.72 Å².